The minimum atomic E-state index is -0.991. The standard InChI is InChI=1S/C12H16N4O3.ClH/c1-8(17)14-6-7-15-12(13)16-10-4-2-9(3-5-10)11(18)19;/h2-5H,6-7H2,1H3,(H,14,17)(H,18,19)(H3,13,15,16);1H. The second kappa shape index (κ2) is 8.76. The number of benzene rings is 1. The zero-order valence-corrected chi connectivity index (χ0v) is 11.7. The van der Waals surface area contributed by atoms with Gasteiger partial charge in [-0.15, -0.1) is 12.4 Å². The van der Waals surface area contributed by atoms with Crippen LogP contribution in [-0.4, -0.2) is 36.0 Å². The van der Waals surface area contributed by atoms with E-state index < -0.39 is 5.97 Å². The molecule has 1 amide bonds. The Kier molecular flexibility index (Phi) is 7.76. The predicted molar refractivity (Wildman–Crippen MR) is 78.7 cm³/mol. The summed E-state index contributed by atoms with van der Waals surface area (Å²) in [5.74, 6) is -1.03. The van der Waals surface area contributed by atoms with Gasteiger partial charge in [0.05, 0.1) is 5.56 Å². The highest BCUT2D eigenvalue weighted by Gasteiger charge is 2.02. The molecule has 0 bridgehead atoms. The normalized spacial score (nSPS) is 9.05. The average Bonchev–Trinajstić information content (AvgIpc) is 2.35. The molecule has 7 nitrogen and oxygen atoms in total. The van der Waals surface area contributed by atoms with Crippen molar-refractivity contribution in [3.05, 3.63) is 29.8 Å². The molecule has 0 aliphatic rings. The molecule has 0 spiro atoms. The summed E-state index contributed by atoms with van der Waals surface area (Å²) in [6.45, 7) is 2.28. The van der Waals surface area contributed by atoms with Gasteiger partial charge in [-0.25, -0.2) is 4.79 Å². The first kappa shape index (κ1) is 17.7. The molecule has 0 heterocycles. The van der Waals surface area contributed by atoms with Crippen LogP contribution in [0.4, 0.5) is 5.69 Å². The van der Waals surface area contributed by atoms with Crippen LogP contribution in [0.2, 0.25) is 0 Å². The topological polar surface area (TPSA) is 114 Å². The van der Waals surface area contributed by atoms with Gasteiger partial charge in [-0.2, -0.15) is 0 Å². The molecule has 110 valence electrons. The van der Waals surface area contributed by atoms with E-state index in [1.54, 1.807) is 12.1 Å². The van der Waals surface area contributed by atoms with E-state index in [-0.39, 0.29) is 29.8 Å². The van der Waals surface area contributed by atoms with Gasteiger partial charge < -0.3 is 21.1 Å². The lowest BCUT2D eigenvalue weighted by Gasteiger charge is -2.10. The molecular formula is C12H17ClN4O3. The Morgan fingerprint density at radius 2 is 1.70 bits per heavy atom. The van der Waals surface area contributed by atoms with E-state index in [2.05, 4.69) is 16.0 Å². The van der Waals surface area contributed by atoms with Crippen LogP contribution in [0.3, 0.4) is 0 Å². The van der Waals surface area contributed by atoms with Crippen molar-refractivity contribution in [1.29, 1.82) is 5.41 Å². The van der Waals surface area contributed by atoms with E-state index in [0.29, 0.717) is 18.8 Å². The molecule has 5 N–H and O–H groups in total. The first-order valence-electron chi connectivity index (χ1n) is 5.66. The van der Waals surface area contributed by atoms with Gasteiger partial charge in [-0.1, -0.05) is 0 Å². The van der Waals surface area contributed by atoms with Crippen molar-refractivity contribution in [3.63, 3.8) is 0 Å². The molecule has 0 saturated carbocycles. The number of carboxylic acids is 1. The Morgan fingerprint density at radius 1 is 1.15 bits per heavy atom. The highest BCUT2D eigenvalue weighted by Crippen LogP contribution is 2.08. The van der Waals surface area contributed by atoms with Gasteiger partial charge in [0.15, 0.2) is 5.96 Å². The molecular weight excluding hydrogens is 284 g/mol. The smallest absolute Gasteiger partial charge is 0.335 e. The quantitative estimate of drug-likeness (QED) is 0.315. The van der Waals surface area contributed by atoms with Crippen molar-refractivity contribution in [2.24, 2.45) is 0 Å². The third-order valence-corrected chi connectivity index (χ3v) is 2.20. The maximum atomic E-state index is 10.7. The fraction of sp³-hybridized carbons (Fsp3) is 0.250. The molecule has 0 aliphatic carbocycles. The van der Waals surface area contributed by atoms with E-state index in [9.17, 15) is 9.59 Å². The highest BCUT2D eigenvalue weighted by molar-refractivity contribution is 5.92. The second-order valence-corrected chi connectivity index (χ2v) is 3.79. The van der Waals surface area contributed by atoms with E-state index in [4.69, 9.17) is 10.5 Å². The lowest BCUT2D eigenvalue weighted by atomic mass is 10.2. The van der Waals surface area contributed by atoms with Gasteiger partial charge in [0.25, 0.3) is 0 Å². The van der Waals surface area contributed by atoms with Gasteiger partial charge in [0.1, 0.15) is 0 Å². The van der Waals surface area contributed by atoms with Crippen LogP contribution in [0, 0.1) is 5.41 Å². The maximum absolute atomic E-state index is 10.7. The number of amides is 1. The summed E-state index contributed by atoms with van der Waals surface area (Å²) < 4.78 is 0. The minimum Gasteiger partial charge on any atom is -0.478 e. The van der Waals surface area contributed by atoms with E-state index >= 15 is 0 Å². The van der Waals surface area contributed by atoms with Crippen molar-refractivity contribution in [1.82, 2.24) is 10.6 Å². The fourth-order valence-electron chi connectivity index (χ4n) is 1.31. The van der Waals surface area contributed by atoms with Crippen molar-refractivity contribution in [3.8, 4) is 0 Å². The zero-order chi connectivity index (χ0) is 14.3. The molecule has 1 aromatic rings. The molecule has 20 heavy (non-hydrogen) atoms. The van der Waals surface area contributed by atoms with Crippen molar-refractivity contribution < 1.29 is 14.7 Å². The predicted octanol–water partition coefficient (Wildman–Crippen LogP) is 0.879. The first-order valence-corrected chi connectivity index (χ1v) is 5.66. The number of halogens is 1. The van der Waals surface area contributed by atoms with Crippen LogP contribution in [0.25, 0.3) is 0 Å². The van der Waals surface area contributed by atoms with Crippen LogP contribution in [0.1, 0.15) is 17.3 Å². The maximum Gasteiger partial charge on any atom is 0.335 e. The molecule has 0 unspecified atom stereocenters. The molecule has 0 atom stereocenters. The largest absolute Gasteiger partial charge is 0.478 e. The Labute approximate surface area is 122 Å². The molecule has 0 saturated heterocycles. The minimum absolute atomic E-state index is 0. The summed E-state index contributed by atoms with van der Waals surface area (Å²) in [7, 11) is 0. The Hall–Kier alpha value is -2.28. The number of hydrogen-bond acceptors (Lipinski definition) is 3. The molecule has 1 rings (SSSR count). The number of rotatable bonds is 5. The average molecular weight is 301 g/mol. The lowest BCUT2D eigenvalue weighted by Crippen LogP contribution is -2.36. The van der Waals surface area contributed by atoms with Crippen molar-refractivity contribution >= 4 is 35.9 Å². The third kappa shape index (κ3) is 6.60. The van der Waals surface area contributed by atoms with Crippen molar-refractivity contribution in [2.75, 3.05) is 18.4 Å². The number of anilines is 1. The zero-order valence-electron chi connectivity index (χ0n) is 10.9. The van der Waals surface area contributed by atoms with Gasteiger partial charge in [0, 0.05) is 25.7 Å². The van der Waals surface area contributed by atoms with E-state index in [0.717, 1.165) is 0 Å². The Bertz CT molecular complexity index is 476. The molecule has 8 heteroatoms. The molecule has 0 fully saturated rings. The van der Waals surface area contributed by atoms with Gasteiger partial charge in [-0.05, 0) is 24.3 Å². The second-order valence-electron chi connectivity index (χ2n) is 3.79. The number of guanidine groups is 1. The van der Waals surface area contributed by atoms with Gasteiger partial charge in [-0.3, -0.25) is 10.2 Å². The SMILES string of the molecule is CC(=O)NCCNC(=N)Nc1ccc(C(=O)O)cc1.Cl. The van der Waals surface area contributed by atoms with Crippen LogP contribution >= 0.6 is 12.4 Å². The number of carboxylic acid groups (broad SMARTS) is 1. The summed E-state index contributed by atoms with van der Waals surface area (Å²) >= 11 is 0. The van der Waals surface area contributed by atoms with Crippen LogP contribution in [0.5, 0.6) is 0 Å². The summed E-state index contributed by atoms with van der Waals surface area (Å²) in [4.78, 5) is 21.3. The number of hydrogen-bond donors (Lipinski definition) is 5. The number of nitrogens with one attached hydrogen (secondary N) is 4. The summed E-state index contributed by atoms with van der Waals surface area (Å²) in [6.07, 6.45) is 0. The van der Waals surface area contributed by atoms with E-state index in [1.807, 2.05) is 0 Å². The Balaban J connectivity index is 0.00000361. The van der Waals surface area contributed by atoms with Gasteiger partial charge in [0.2, 0.25) is 5.91 Å². The highest BCUT2D eigenvalue weighted by atomic mass is 35.5. The summed E-state index contributed by atoms with van der Waals surface area (Å²) in [5.41, 5.74) is 0.803. The summed E-state index contributed by atoms with van der Waals surface area (Å²) in [5, 5.41) is 24.5. The Morgan fingerprint density at radius 3 is 2.20 bits per heavy atom. The molecule has 0 radical (unpaired) electrons. The molecule has 1 aromatic carbocycles. The van der Waals surface area contributed by atoms with E-state index in [1.165, 1.54) is 19.1 Å². The lowest BCUT2D eigenvalue weighted by molar-refractivity contribution is -0.118. The monoisotopic (exact) mass is 300 g/mol. The fourth-order valence-corrected chi connectivity index (χ4v) is 1.31. The number of carbonyl (C=O) groups is 2. The van der Waals surface area contributed by atoms with Crippen LogP contribution in [0.15, 0.2) is 24.3 Å². The third-order valence-electron chi connectivity index (χ3n) is 2.20. The number of aromatic carboxylic acids is 1. The van der Waals surface area contributed by atoms with Crippen LogP contribution in [-0.2, 0) is 4.79 Å². The first-order chi connectivity index (χ1) is 8.99. The van der Waals surface area contributed by atoms with Gasteiger partial charge >= 0.3 is 5.97 Å². The number of carbonyl (C=O) groups excluding carboxylic acids is 1. The van der Waals surface area contributed by atoms with Crippen LogP contribution < -0.4 is 16.0 Å². The molecule has 0 aliphatic heterocycles. The molecule has 0 aromatic heterocycles. The summed E-state index contributed by atoms with van der Waals surface area (Å²) in [6, 6.07) is 6.06. The van der Waals surface area contributed by atoms with Crippen molar-refractivity contribution in [2.45, 2.75) is 6.92 Å².